The number of amides is 1. The second-order valence-electron chi connectivity index (χ2n) is 7.48. The number of aliphatic carboxylic acids is 1. The van der Waals surface area contributed by atoms with Crippen molar-refractivity contribution in [2.45, 2.75) is 33.6 Å². The van der Waals surface area contributed by atoms with Gasteiger partial charge in [-0.1, -0.05) is 51.1 Å². The van der Waals surface area contributed by atoms with E-state index in [9.17, 15) is 14.7 Å². The summed E-state index contributed by atoms with van der Waals surface area (Å²) >= 11 is 0. The van der Waals surface area contributed by atoms with E-state index in [1.165, 1.54) is 0 Å². The summed E-state index contributed by atoms with van der Waals surface area (Å²) in [6.07, 6.45) is 1.01. The fraction of sp³-hybridized carbons (Fsp3) is 0.400. The van der Waals surface area contributed by atoms with Crippen LogP contribution in [0.25, 0.3) is 10.8 Å². The van der Waals surface area contributed by atoms with Crippen LogP contribution in [0.3, 0.4) is 0 Å². The maximum absolute atomic E-state index is 12.8. The highest BCUT2D eigenvalue weighted by molar-refractivity contribution is 5.96. The Bertz CT molecular complexity index is 811. The third kappa shape index (κ3) is 2.46. The maximum Gasteiger partial charge on any atom is 0.228 e. The molecule has 4 nitrogen and oxygen atoms in total. The number of carboxylic acid groups (broad SMARTS) is 1. The molecule has 0 radical (unpaired) electrons. The van der Waals surface area contributed by atoms with Gasteiger partial charge in [0.2, 0.25) is 5.91 Å². The molecule has 24 heavy (non-hydrogen) atoms. The number of nitrogens with one attached hydrogen (secondary N) is 1. The SMILES string of the molecule is CC1(C(=O)[O-])CCC(C(=O)Nc2ccc3ccccc3c2)C1(C)C. The Morgan fingerprint density at radius 2 is 1.75 bits per heavy atom. The molecule has 126 valence electrons. The molecule has 4 heteroatoms. The second kappa shape index (κ2) is 5.62. The predicted octanol–water partition coefficient (Wildman–Crippen LogP) is 2.97. The molecule has 1 aliphatic carbocycles. The Hall–Kier alpha value is -2.36. The summed E-state index contributed by atoms with van der Waals surface area (Å²) in [5.74, 6) is -1.55. The van der Waals surface area contributed by atoms with E-state index in [0.717, 1.165) is 16.5 Å². The molecule has 1 amide bonds. The van der Waals surface area contributed by atoms with Crippen LogP contribution >= 0.6 is 0 Å². The number of carbonyl (C=O) groups is 2. The average molecular weight is 324 g/mol. The molecule has 1 saturated carbocycles. The first kappa shape index (κ1) is 16.5. The van der Waals surface area contributed by atoms with Crippen molar-refractivity contribution >= 4 is 28.3 Å². The number of carboxylic acids is 1. The molecule has 0 aromatic heterocycles. The zero-order chi connectivity index (χ0) is 17.5. The van der Waals surface area contributed by atoms with Crippen molar-refractivity contribution < 1.29 is 14.7 Å². The molecule has 1 fully saturated rings. The Morgan fingerprint density at radius 1 is 1.08 bits per heavy atom. The molecule has 2 atom stereocenters. The number of hydrogen-bond acceptors (Lipinski definition) is 3. The number of fused-ring (bicyclic) bond motifs is 1. The normalized spacial score (nSPS) is 25.5. The van der Waals surface area contributed by atoms with Gasteiger partial charge in [-0.25, -0.2) is 0 Å². The smallest absolute Gasteiger partial charge is 0.228 e. The number of benzene rings is 2. The van der Waals surface area contributed by atoms with Gasteiger partial charge < -0.3 is 15.2 Å². The van der Waals surface area contributed by atoms with Gasteiger partial charge in [0.25, 0.3) is 0 Å². The van der Waals surface area contributed by atoms with Gasteiger partial charge in [-0.15, -0.1) is 0 Å². The van der Waals surface area contributed by atoms with E-state index in [-0.39, 0.29) is 11.8 Å². The van der Waals surface area contributed by atoms with Crippen molar-refractivity contribution in [3.05, 3.63) is 42.5 Å². The zero-order valence-corrected chi connectivity index (χ0v) is 14.3. The molecule has 0 spiro atoms. The van der Waals surface area contributed by atoms with Crippen LogP contribution in [-0.2, 0) is 9.59 Å². The maximum atomic E-state index is 12.8. The molecule has 2 aromatic rings. The lowest BCUT2D eigenvalue weighted by molar-refractivity contribution is -0.323. The van der Waals surface area contributed by atoms with E-state index in [1.807, 2.05) is 56.3 Å². The first-order chi connectivity index (χ1) is 11.3. The van der Waals surface area contributed by atoms with Gasteiger partial charge in [0.05, 0.1) is 0 Å². The number of anilines is 1. The lowest BCUT2D eigenvalue weighted by Crippen LogP contribution is -2.49. The molecule has 0 heterocycles. The number of rotatable bonds is 3. The third-order valence-corrected chi connectivity index (χ3v) is 6.01. The van der Waals surface area contributed by atoms with Crippen LogP contribution in [0.5, 0.6) is 0 Å². The molecule has 0 bridgehead atoms. The standard InChI is InChI=1S/C20H23NO3/c1-19(2)16(10-11-20(19,3)18(23)24)17(22)21-15-9-8-13-6-4-5-7-14(13)12-15/h4-9,12,16H,10-11H2,1-3H3,(H,21,22)(H,23,24)/p-1. The second-order valence-corrected chi connectivity index (χ2v) is 7.48. The van der Waals surface area contributed by atoms with Gasteiger partial charge in [0.1, 0.15) is 0 Å². The molecule has 0 aliphatic heterocycles. The van der Waals surface area contributed by atoms with Crippen molar-refractivity contribution in [2.75, 3.05) is 5.32 Å². The molecule has 1 N–H and O–H groups in total. The Labute approximate surface area is 141 Å². The summed E-state index contributed by atoms with van der Waals surface area (Å²) in [6, 6.07) is 13.7. The summed E-state index contributed by atoms with van der Waals surface area (Å²) < 4.78 is 0. The van der Waals surface area contributed by atoms with Crippen LogP contribution in [0.2, 0.25) is 0 Å². The molecule has 3 rings (SSSR count). The van der Waals surface area contributed by atoms with Gasteiger partial charge in [0, 0.05) is 23.0 Å². The third-order valence-electron chi connectivity index (χ3n) is 6.01. The average Bonchev–Trinajstić information content (AvgIpc) is 2.78. The lowest BCUT2D eigenvalue weighted by atomic mass is 9.65. The van der Waals surface area contributed by atoms with Gasteiger partial charge in [-0.3, -0.25) is 4.79 Å². The lowest BCUT2D eigenvalue weighted by Gasteiger charge is -2.41. The van der Waals surface area contributed by atoms with Gasteiger partial charge in [0.15, 0.2) is 0 Å². The fourth-order valence-corrected chi connectivity index (χ4v) is 3.82. The van der Waals surface area contributed by atoms with Crippen molar-refractivity contribution in [1.29, 1.82) is 0 Å². The highest BCUT2D eigenvalue weighted by atomic mass is 16.4. The minimum Gasteiger partial charge on any atom is -0.550 e. The molecule has 2 aromatic carbocycles. The molecule has 1 aliphatic rings. The minimum atomic E-state index is -1.08. The summed E-state index contributed by atoms with van der Waals surface area (Å²) in [7, 11) is 0. The molecule has 0 saturated heterocycles. The summed E-state index contributed by atoms with van der Waals surface area (Å²) in [5.41, 5.74) is -0.915. The van der Waals surface area contributed by atoms with E-state index in [0.29, 0.717) is 12.8 Å². The summed E-state index contributed by atoms with van der Waals surface area (Å²) in [4.78, 5) is 24.3. The summed E-state index contributed by atoms with van der Waals surface area (Å²) in [6.45, 7) is 5.38. The topological polar surface area (TPSA) is 69.2 Å². The highest BCUT2D eigenvalue weighted by Gasteiger charge is 2.54. The largest absolute Gasteiger partial charge is 0.550 e. The zero-order valence-electron chi connectivity index (χ0n) is 14.3. The first-order valence-corrected chi connectivity index (χ1v) is 8.27. The van der Waals surface area contributed by atoms with E-state index in [4.69, 9.17) is 0 Å². The van der Waals surface area contributed by atoms with Gasteiger partial charge >= 0.3 is 0 Å². The monoisotopic (exact) mass is 324 g/mol. The van der Waals surface area contributed by atoms with Gasteiger partial charge in [-0.2, -0.15) is 0 Å². The van der Waals surface area contributed by atoms with Crippen LogP contribution in [-0.4, -0.2) is 11.9 Å². The van der Waals surface area contributed by atoms with Crippen LogP contribution < -0.4 is 10.4 Å². The van der Waals surface area contributed by atoms with E-state index >= 15 is 0 Å². The number of carbonyl (C=O) groups excluding carboxylic acids is 2. The Kier molecular flexibility index (Phi) is 3.86. The van der Waals surface area contributed by atoms with Crippen LogP contribution in [0.1, 0.15) is 33.6 Å². The molecular weight excluding hydrogens is 302 g/mol. The molecule has 2 unspecified atom stereocenters. The van der Waals surface area contributed by atoms with Gasteiger partial charge in [-0.05, 0) is 41.2 Å². The predicted molar refractivity (Wildman–Crippen MR) is 92.2 cm³/mol. The van der Waals surface area contributed by atoms with Crippen molar-refractivity contribution in [3.8, 4) is 0 Å². The number of hydrogen-bond donors (Lipinski definition) is 1. The first-order valence-electron chi connectivity index (χ1n) is 8.27. The van der Waals surface area contributed by atoms with Crippen molar-refractivity contribution in [2.24, 2.45) is 16.7 Å². The van der Waals surface area contributed by atoms with E-state index in [2.05, 4.69) is 5.32 Å². The highest BCUT2D eigenvalue weighted by Crippen LogP contribution is 2.55. The van der Waals surface area contributed by atoms with E-state index in [1.54, 1.807) is 6.92 Å². The van der Waals surface area contributed by atoms with Crippen LogP contribution in [0, 0.1) is 16.7 Å². The van der Waals surface area contributed by atoms with Crippen LogP contribution in [0.4, 0.5) is 5.69 Å². The van der Waals surface area contributed by atoms with E-state index < -0.39 is 16.8 Å². The quantitative estimate of drug-likeness (QED) is 0.943. The Balaban J connectivity index is 1.83. The van der Waals surface area contributed by atoms with Crippen molar-refractivity contribution in [3.63, 3.8) is 0 Å². The minimum absolute atomic E-state index is 0.125. The van der Waals surface area contributed by atoms with Crippen LogP contribution in [0.15, 0.2) is 42.5 Å². The molecular formula is C20H22NO3-. The Morgan fingerprint density at radius 3 is 2.38 bits per heavy atom. The summed E-state index contributed by atoms with van der Waals surface area (Å²) in [5, 5.41) is 16.7. The van der Waals surface area contributed by atoms with Crippen molar-refractivity contribution in [1.82, 2.24) is 0 Å². The fourth-order valence-electron chi connectivity index (χ4n) is 3.82.